The Kier molecular flexibility index (Phi) is 0.202. The van der Waals surface area contributed by atoms with Crippen molar-refractivity contribution in [2.45, 2.75) is 0 Å². The van der Waals surface area contributed by atoms with Gasteiger partial charge in [-0.1, -0.05) is 12.2 Å². The smallest absolute Gasteiger partial charge is 0.148 e. The number of carbonyl (C=O) groups excluding carboxylic acids is 1. The van der Waals surface area contributed by atoms with Crippen molar-refractivity contribution in [1.82, 2.24) is 0 Å². The quantitative estimate of drug-likeness (QED) is 0.384. The lowest BCUT2D eigenvalue weighted by Gasteiger charge is -1.87. The maximum Gasteiger partial charge on any atom is 0.148 e. The summed E-state index contributed by atoms with van der Waals surface area (Å²) in [5.41, 5.74) is 0. The van der Waals surface area contributed by atoms with Crippen LogP contribution in [0.5, 0.6) is 0 Å². The molecule has 1 fully saturated rings. The van der Waals surface area contributed by atoms with Crippen LogP contribution in [0.3, 0.4) is 0 Å². The van der Waals surface area contributed by atoms with Crippen LogP contribution in [0.4, 0.5) is 0 Å². The molecule has 0 aromatic rings. The van der Waals surface area contributed by atoms with Crippen LogP contribution in [-0.2, 0) is 4.79 Å². The maximum atomic E-state index is 10.2. The van der Waals surface area contributed by atoms with Crippen LogP contribution in [0.1, 0.15) is 0 Å². The second kappa shape index (κ2) is 0.473. The Labute approximate surface area is 35.7 Å². The van der Waals surface area contributed by atoms with Crippen molar-refractivity contribution >= 4 is 5.78 Å². The fourth-order valence-corrected chi connectivity index (χ4v) is 0.802. The Balaban J connectivity index is 2.46. The van der Waals surface area contributed by atoms with Gasteiger partial charge in [0.25, 0.3) is 0 Å². The number of hydrogen-bond donors (Lipinski definition) is 0. The molecule has 0 N–H and O–H groups in total. The Morgan fingerprint density at radius 3 is 1.83 bits per heavy atom. The van der Waals surface area contributed by atoms with Gasteiger partial charge in [-0.25, -0.2) is 0 Å². The number of hydrogen-bond acceptors (Lipinski definition) is 1. The molecule has 2 unspecified atom stereocenters. The van der Waals surface area contributed by atoms with Gasteiger partial charge in [0.15, 0.2) is 0 Å². The number of fused-ring (bicyclic) bond motifs is 1. The predicted molar refractivity (Wildman–Crippen MR) is 21.1 cm³/mol. The van der Waals surface area contributed by atoms with E-state index in [2.05, 4.69) is 0 Å². The molecule has 0 saturated heterocycles. The number of ketones is 1. The molecule has 0 bridgehead atoms. The molecule has 0 aromatic heterocycles. The summed E-state index contributed by atoms with van der Waals surface area (Å²) in [7, 11) is 0. The second-order valence-electron chi connectivity index (χ2n) is 1.84. The number of carbonyl (C=O) groups is 1. The van der Waals surface area contributed by atoms with Gasteiger partial charge < -0.3 is 0 Å². The topological polar surface area (TPSA) is 17.1 Å². The number of Topliss-reactive ketones (excluding diaryl/α,β-unsaturated/α-hetero) is 1. The van der Waals surface area contributed by atoms with Gasteiger partial charge in [-0.15, -0.1) is 0 Å². The third kappa shape index (κ3) is 0.0954. The minimum absolute atomic E-state index is 0.380. The molecular formula is C5H4O. The van der Waals surface area contributed by atoms with Crippen molar-refractivity contribution in [3.8, 4) is 0 Å². The largest absolute Gasteiger partial charge is 0.298 e. The normalized spacial score (nSPS) is 47.7. The van der Waals surface area contributed by atoms with E-state index in [1.807, 2.05) is 12.2 Å². The highest BCUT2D eigenvalue weighted by molar-refractivity contribution is 6.05. The van der Waals surface area contributed by atoms with Crippen molar-refractivity contribution < 1.29 is 4.79 Å². The van der Waals surface area contributed by atoms with E-state index in [1.165, 1.54) is 0 Å². The van der Waals surface area contributed by atoms with Crippen molar-refractivity contribution in [2.24, 2.45) is 11.8 Å². The highest BCUT2D eigenvalue weighted by Gasteiger charge is 2.50. The predicted octanol–water partition coefficient (Wildman–Crippen LogP) is 0.371. The van der Waals surface area contributed by atoms with Crippen molar-refractivity contribution in [3.63, 3.8) is 0 Å². The monoisotopic (exact) mass is 80.0 g/mol. The zero-order valence-corrected chi connectivity index (χ0v) is 3.22. The van der Waals surface area contributed by atoms with Crippen molar-refractivity contribution in [2.75, 3.05) is 0 Å². The summed E-state index contributed by atoms with van der Waals surface area (Å²) >= 11 is 0. The van der Waals surface area contributed by atoms with Crippen LogP contribution in [-0.4, -0.2) is 5.78 Å². The maximum absolute atomic E-state index is 10.2. The average Bonchev–Trinajstić information content (AvgIpc) is 1.63. The van der Waals surface area contributed by atoms with Crippen molar-refractivity contribution in [3.05, 3.63) is 12.2 Å². The summed E-state index contributed by atoms with van der Waals surface area (Å²) in [4.78, 5) is 10.2. The van der Waals surface area contributed by atoms with E-state index in [1.54, 1.807) is 0 Å². The Hall–Kier alpha value is -0.590. The van der Waals surface area contributed by atoms with E-state index in [-0.39, 0.29) is 0 Å². The first-order valence-electron chi connectivity index (χ1n) is 2.11. The van der Waals surface area contributed by atoms with Gasteiger partial charge in [0, 0.05) is 11.8 Å². The molecule has 0 aliphatic heterocycles. The first kappa shape index (κ1) is 2.56. The molecular weight excluding hydrogens is 76.1 g/mol. The zero-order valence-electron chi connectivity index (χ0n) is 3.22. The van der Waals surface area contributed by atoms with Crippen LogP contribution in [0, 0.1) is 11.8 Å². The summed E-state index contributed by atoms with van der Waals surface area (Å²) in [6.45, 7) is 0. The van der Waals surface area contributed by atoms with E-state index in [0.29, 0.717) is 17.6 Å². The van der Waals surface area contributed by atoms with Crippen LogP contribution in [0.2, 0.25) is 0 Å². The summed E-state index contributed by atoms with van der Waals surface area (Å²) in [6, 6.07) is 0. The number of rotatable bonds is 0. The zero-order chi connectivity index (χ0) is 4.15. The summed E-state index contributed by atoms with van der Waals surface area (Å²) in [5, 5.41) is 0. The molecule has 30 valence electrons. The third-order valence-electron chi connectivity index (χ3n) is 1.46. The van der Waals surface area contributed by atoms with Gasteiger partial charge in [0.2, 0.25) is 0 Å². The minimum atomic E-state index is 0.380. The van der Waals surface area contributed by atoms with Gasteiger partial charge in [0.1, 0.15) is 5.78 Å². The number of allylic oxidation sites excluding steroid dienone is 2. The molecule has 2 aliphatic rings. The molecule has 0 spiro atoms. The molecule has 0 heterocycles. The molecule has 0 radical (unpaired) electrons. The van der Waals surface area contributed by atoms with Gasteiger partial charge in [-0.05, 0) is 0 Å². The first-order chi connectivity index (χ1) is 2.89. The highest BCUT2D eigenvalue weighted by atomic mass is 16.1. The molecule has 0 aromatic carbocycles. The molecule has 2 rings (SSSR count). The lowest BCUT2D eigenvalue weighted by molar-refractivity contribution is -0.111. The van der Waals surface area contributed by atoms with E-state index in [4.69, 9.17) is 0 Å². The summed E-state index contributed by atoms with van der Waals surface area (Å²) in [5.74, 6) is 1.19. The Morgan fingerprint density at radius 1 is 1.33 bits per heavy atom. The third-order valence-corrected chi connectivity index (χ3v) is 1.46. The van der Waals surface area contributed by atoms with Crippen LogP contribution >= 0.6 is 0 Å². The SMILES string of the molecule is O=C1C2C=CC12. The molecule has 1 heteroatoms. The van der Waals surface area contributed by atoms with E-state index in [9.17, 15) is 4.79 Å². The van der Waals surface area contributed by atoms with Crippen LogP contribution in [0.25, 0.3) is 0 Å². The fourth-order valence-electron chi connectivity index (χ4n) is 0.802. The lowest BCUT2D eigenvalue weighted by atomic mass is 10.1. The van der Waals surface area contributed by atoms with E-state index < -0.39 is 0 Å². The second-order valence-corrected chi connectivity index (χ2v) is 1.84. The molecule has 6 heavy (non-hydrogen) atoms. The van der Waals surface area contributed by atoms with Crippen LogP contribution < -0.4 is 0 Å². The minimum Gasteiger partial charge on any atom is -0.298 e. The van der Waals surface area contributed by atoms with E-state index >= 15 is 0 Å². The molecule has 1 nitrogen and oxygen atoms in total. The summed E-state index contributed by atoms with van der Waals surface area (Å²) in [6.07, 6.45) is 3.93. The standard InChI is InChI=1S/C5H4O/c6-5-3-1-2-4(3)5/h1-4H. The van der Waals surface area contributed by atoms with E-state index in [0.717, 1.165) is 0 Å². The Morgan fingerprint density at radius 2 is 1.83 bits per heavy atom. The Bertz CT molecular complexity index is 121. The molecule has 2 atom stereocenters. The average molecular weight is 80.1 g/mol. The lowest BCUT2D eigenvalue weighted by Crippen LogP contribution is -1.80. The molecule has 1 saturated carbocycles. The molecule has 2 aliphatic carbocycles. The summed E-state index contributed by atoms with van der Waals surface area (Å²) < 4.78 is 0. The first-order valence-corrected chi connectivity index (χ1v) is 2.11. The van der Waals surface area contributed by atoms with Gasteiger partial charge in [-0.2, -0.15) is 0 Å². The van der Waals surface area contributed by atoms with Gasteiger partial charge in [0.05, 0.1) is 0 Å². The van der Waals surface area contributed by atoms with Gasteiger partial charge >= 0.3 is 0 Å². The highest BCUT2D eigenvalue weighted by Crippen LogP contribution is 2.43. The van der Waals surface area contributed by atoms with Crippen LogP contribution in [0.15, 0.2) is 12.2 Å². The van der Waals surface area contributed by atoms with Gasteiger partial charge in [-0.3, -0.25) is 4.79 Å². The fraction of sp³-hybridized carbons (Fsp3) is 0.400. The van der Waals surface area contributed by atoms with Crippen molar-refractivity contribution in [1.29, 1.82) is 0 Å². The molecule has 0 amide bonds.